The second-order valence-electron chi connectivity index (χ2n) is 7.26. The van der Waals surface area contributed by atoms with Gasteiger partial charge in [-0.2, -0.15) is 10.1 Å². The molecule has 32 heavy (non-hydrogen) atoms. The molecule has 8 heteroatoms. The lowest BCUT2D eigenvalue weighted by Crippen LogP contribution is -2.05. The molecule has 5 rings (SSSR count). The van der Waals surface area contributed by atoms with Crippen molar-refractivity contribution in [3.05, 3.63) is 84.7 Å². The van der Waals surface area contributed by atoms with Crippen LogP contribution in [0.1, 0.15) is 5.56 Å². The van der Waals surface area contributed by atoms with Crippen LogP contribution in [0, 0.1) is 0 Å². The number of anilines is 2. The predicted octanol–water partition coefficient (Wildman–Crippen LogP) is 4.41. The van der Waals surface area contributed by atoms with Crippen molar-refractivity contribution in [3.63, 3.8) is 0 Å². The van der Waals surface area contributed by atoms with Crippen LogP contribution in [-0.2, 0) is 13.6 Å². The fourth-order valence-electron chi connectivity index (χ4n) is 3.42. The highest BCUT2D eigenvalue weighted by Crippen LogP contribution is 2.33. The highest BCUT2D eigenvalue weighted by molar-refractivity contribution is 5.99. The van der Waals surface area contributed by atoms with E-state index in [9.17, 15) is 0 Å². The first-order valence-electron chi connectivity index (χ1n) is 10.1. The summed E-state index contributed by atoms with van der Waals surface area (Å²) in [6, 6.07) is 21.3. The van der Waals surface area contributed by atoms with E-state index in [0.29, 0.717) is 40.8 Å². The Balaban J connectivity index is 1.54. The quantitative estimate of drug-likeness (QED) is 0.417. The largest absolute Gasteiger partial charge is 0.457 e. The zero-order valence-electron chi connectivity index (χ0n) is 17.4. The van der Waals surface area contributed by atoms with Crippen LogP contribution in [-0.4, -0.2) is 24.7 Å². The number of hydrogen-bond donors (Lipinski definition) is 2. The predicted molar refractivity (Wildman–Crippen MR) is 124 cm³/mol. The van der Waals surface area contributed by atoms with E-state index in [1.807, 2.05) is 66.7 Å². The van der Waals surface area contributed by atoms with Gasteiger partial charge in [-0.05, 0) is 35.9 Å². The van der Waals surface area contributed by atoms with Crippen molar-refractivity contribution in [2.24, 2.45) is 7.05 Å². The average Bonchev–Trinajstić information content (AvgIpc) is 3.12. The topological polar surface area (TPSA) is 104 Å². The summed E-state index contributed by atoms with van der Waals surface area (Å²) in [5.41, 5.74) is 9.41. The van der Waals surface area contributed by atoms with Crippen LogP contribution in [0.3, 0.4) is 0 Å². The maximum Gasteiger partial charge on any atom is 0.225 e. The molecule has 2 aromatic carbocycles. The molecule has 0 unspecified atom stereocenters. The van der Waals surface area contributed by atoms with Crippen LogP contribution in [0.4, 0.5) is 11.8 Å². The Morgan fingerprint density at radius 2 is 1.81 bits per heavy atom. The molecule has 3 heterocycles. The summed E-state index contributed by atoms with van der Waals surface area (Å²) >= 11 is 0. The highest BCUT2D eigenvalue weighted by atomic mass is 16.5. The fraction of sp³-hybridized carbons (Fsp3) is 0.0833. The fourth-order valence-corrected chi connectivity index (χ4v) is 3.42. The van der Waals surface area contributed by atoms with Gasteiger partial charge in [0.05, 0.1) is 11.1 Å². The Morgan fingerprint density at radius 1 is 0.969 bits per heavy atom. The van der Waals surface area contributed by atoms with Crippen molar-refractivity contribution in [2.75, 3.05) is 11.1 Å². The summed E-state index contributed by atoms with van der Waals surface area (Å²) in [4.78, 5) is 13.5. The van der Waals surface area contributed by atoms with Gasteiger partial charge in [-0.3, -0.25) is 9.67 Å². The Kier molecular flexibility index (Phi) is 5.09. The maximum absolute atomic E-state index is 6.31. The Bertz CT molecular complexity index is 1370. The second-order valence-corrected chi connectivity index (χ2v) is 7.26. The number of nitrogen functional groups attached to an aromatic ring is 1. The zero-order chi connectivity index (χ0) is 21.9. The molecule has 3 aromatic heterocycles. The first-order chi connectivity index (χ1) is 15.7. The number of ether oxygens (including phenoxy) is 1. The lowest BCUT2D eigenvalue weighted by atomic mass is 10.1. The number of nitrogens with two attached hydrogens (primary N) is 1. The van der Waals surface area contributed by atoms with Crippen molar-refractivity contribution in [1.29, 1.82) is 0 Å². The highest BCUT2D eigenvalue weighted by Gasteiger charge is 2.17. The standard InChI is InChI=1S/C24H21N7O/c1-31-22(25)20-21(17-8-5-11-19(13-17)32-18-9-3-2-4-10-18)28-24(29-23(20)30-31)27-15-16-7-6-12-26-14-16/h2-14H,15,25H2,1H3,(H,27,29,30). The van der Waals surface area contributed by atoms with Gasteiger partial charge < -0.3 is 15.8 Å². The lowest BCUT2D eigenvalue weighted by molar-refractivity contribution is 0.483. The number of para-hydroxylation sites is 1. The summed E-state index contributed by atoms with van der Waals surface area (Å²) < 4.78 is 7.61. The molecule has 8 nitrogen and oxygen atoms in total. The lowest BCUT2D eigenvalue weighted by Gasteiger charge is -2.10. The number of nitrogens with one attached hydrogen (secondary N) is 1. The minimum atomic E-state index is 0.462. The third kappa shape index (κ3) is 3.93. The van der Waals surface area contributed by atoms with Gasteiger partial charge in [-0.1, -0.05) is 36.4 Å². The van der Waals surface area contributed by atoms with Crippen LogP contribution in [0.15, 0.2) is 79.1 Å². The number of rotatable bonds is 6. The van der Waals surface area contributed by atoms with Gasteiger partial charge >= 0.3 is 0 Å². The summed E-state index contributed by atoms with van der Waals surface area (Å²) in [6.07, 6.45) is 3.54. The third-order valence-electron chi connectivity index (χ3n) is 5.00. The van der Waals surface area contributed by atoms with Gasteiger partial charge in [0.1, 0.15) is 17.3 Å². The summed E-state index contributed by atoms with van der Waals surface area (Å²) in [7, 11) is 1.79. The van der Waals surface area contributed by atoms with E-state index in [0.717, 1.165) is 16.9 Å². The van der Waals surface area contributed by atoms with Gasteiger partial charge in [0.25, 0.3) is 0 Å². The van der Waals surface area contributed by atoms with E-state index in [4.69, 9.17) is 15.5 Å². The van der Waals surface area contributed by atoms with Crippen LogP contribution in [0.2, 0.25) is 0 Å². The SMILES string of the molecule is Cn1nc2nc(NCc3cccnc3)nc(-c3cccc(Oc4ccccc4)c3)c2c1N. The molecule has 0 amide bonds. The normalized spacial score (nSPS) is 10.9. The molecular formula is C24H21N7O. The average molecular weight is 423 g/mol. The van der Waals surface area contributed by atoms with Gasteiger partial charge in [-0.25, -0.2) is 4.98 Å². The number of hydrogen-bond acceptors (Lipinski definition) is 7. The molecule has 0 atom stereocenters. The summed E-state index contributed by atoms with van der Waals surface area (Å²) in [5, 5.41) is 8.43. The van der Waals surface area contributed by atoms with E-state index in [-0.39, 0.29) is 0 Å². The minimum Gasteiger partial charge on any atom is -0.457 e. The van der Waals surface area contributed by atoms with Crippen LogP contribution < -0.4 is 15.8 Å². The molecule has 0 saturated carbocycles. The summed E-state index contributed by atoms with van der Waals surface area (Å²) in [5.74, 6) is 2.43. The third-order valence-corrected chi connectivity index (χ3v) is 5.00. The Labute approximate surface area is 184 Å². The molecule has 0 aliphatic rings. The molecule has 3 N–H and O–H groups in total. The van der Waals surface area contributed by atoms with Gasteiger partial charge in [0.15, 0.2) is 5.65 Å². The van der Waals surface area contributed by atoms with Crippen molar-refractivity contribution < 1.29 is 4.74 Å². The van der Waals surface area contributed by atoms with Crippen LogP contribution in [0.5, 0.6) is 11.5 Å². The van der Waals surface area contributed by atoms with Crippen LogP contribution >= 0.6 is 0 Å². The molecule has 0 bridgehead atoms. The molecular weight excluding hydrogens is 402 g/mol. The van der Waals surface area contributed by atoms with E-state index < -0.39 is 0 Å². The molecule has 0 saturated heterocycles. The number of benzene rings is 2. The summed E-state index contributed by atoms with van der Waals surface area (Å²) in [6.45, 7) is 0.540. The van der Waals surface area contributed by atoms with Gasteiger partial charge in [0.2, 0.25) is 5.95 Å². The van der Waals surface area contributed by atoms with E-state index in [2.05, 4.69) is 20.4 Å². The number of fused-ring (bicyclic) bond motifs is 1. The number of pyridine rings is 1. The number of aromatic nitrogens is 5. The Morgan fingerprint density at radius 3 is 2.62 bits per heavy atom. The molecule has 158 valence electrons. The first-order valence-corrected chi connectivity index (χ1v) is 10.1. The molecule has 0 radical (unpaired) electrons. The van der Waals surface area contributed by atoms with E-state index in [1.165, 1.54) is 0 Å². The van der Waals surface area contributed by atoms with Gasteiger partial charge in [0, 0.05) is 31.5 Å². The minimum absolute atomic E-state index is 0.462. The Hall–Kier alpha value is -4.46. The molecule has 0 spiro atoms. The van der Waals surface area contributed by atoms with Crippen molar-refractivity contribution in [3.8, 4) is 22.8 Å². The van der Waals surface area contributed by atoms with E-state index in [1.54, 1.807) is 24.1 Å². The molecule has 0 aliphatic heterocycles. The zero-order valence-corrected chi connectivity index (χ0v) is 17.4. The van der Waals surface area contributed by atoms with Crippen LogP contribution in [0.25, 0.3) is 22.3 Å². The van der Waals surface area contributed by atoms with Gasteiger partial charge in [-0.15, -0.1) is 0 Å². The molecule has 0 fully saturated rings. The molecule has 5 aromatic rings. The van der Waals surface area contributed by atoms with Crippen molar-refractivity contribution in [2.45, 2.75) is 6.54 Å². The second kappa shape index (κ2) is 8.35. The molecule has 0 aliphatic carbocycles. The van der Waals surface area contributed by atoms with E-state index >= 15 is 0 Å². The van der Waals surface area contributed by atoms with Crippen molar-refractivity contribution >= 4 is 22.8 Å². The smallest absolute Gasteiger partial charge is 0.225 e. The maximum atomic E-state index is 6.31. The number of nitrogens with zero attached hydrogens (tertiary/aromatic N) is 5. The number of aryl methyl sites for hydroxylation is 1. The first kappa shape index (κ1) is 19.5. The van der Waals surface area contributed by atoms with Crippen molar-refractivity contribution in [1.82, 2.24) is 24.7 Å². The monoisotopic (exact) mass is 423 g/mol.